The number of anilines is 1. The standard InChI is InChI=1S/C19H27F5N6O/c20-15(21)8-14(18(28-25)26-9-12-1-2-12)30-10-13(17(22)29-30)27-16(31)7-11-3-5-19(23,24)6-4-11/h10-12,14-15H,1-9,25H2,(H,26,28)(H,27,31). The maximum Gasteiger partial charge on any atom is 0.256 e. The SMILES string of the molecule is NNC(=NCC1CC1)C(CC(F)F)n1cc(NC(=O)CC2CCC(F)(F)CC2)c(F)n1. The lowest BCUT2D eigenvalue weighted by atomic mass is 9.84. The second-order valence-corrected chi connectivity index (χ2v) is 8.32. The van der Waals surface area contributed by atoms with Crippen LogP contribution in [0.5, 0.6) is 0 Å². The van der Waals surface area contributed by atoms with Crippen LogP contribution in [-0.4, -0.2) is 40.4 Å². The number of hydrogen-bond donors (Lipinski definition) is 3. The predicted octanol–water partition coefficient (Wildman–Crippen LogP) is 3.64. The molecule has 1 atom stereocenters. The number of amidine groups is 1. The number of carbonyl (C=O) groups excluding carboxylic acids is 1. The van der Waals surface area contributed by atoms with Crippen molar-refractivity contribution < 1.29 is 26.7 Å². The number of hydrazine groups is 1. The molecule has 1 aromatic heterocycles. The number of nitrogens with zero attached hydrogens (tertiary/aromatic N) is 3. The van der Waals surface area contributed by atoms with Gasteiger partial charge in [-0.25, -0.2) is 23.4 Å². The highest BCUT2D eigenvalue weighted by molar-refractivity contribution is 5.91. The van der Waals surface area contributed by atoms with Gasteiger partial charge in [0, 0.05) is 32.2 Å². The van der Waals surface area contributed by atoms with Crippen LogP contribution in [0.1, 0.15) is 57.4 Å². The first kappa shape index (κ1) is 23.4. The fourth-order valence-electron chi connectivity index (χ4n) is 3.67. The third-order valence-corrected chi connectivity index (χ3v) is 5.67. The van der Waals surface area contributed by atoms with Crippen molar-refractivity contribution in [1.82, 2.24) is 15.2 Å². The van der Waals surface area contributed by atoms with Gasteiger partial charge in [0.05, 0.1) is 6.20 Å². The van der Waals surface area contributed by atoms with E-state index in [2.05, 4.69) is 20.8 Å². The molecule has 1 amide bonds. The summed E-state index contributed by atoms with van der Waals surface area (Å²) in [4.78, 5) is 16.5. The maximum atomic E-state index is 14.3. The van der Waals surface area contributed by atoms with Gasteiger partial charge in [0.1, 0.15) is 17.6 Å². The second kappa shape index (κ2) is 9.92. The quantitative estimate of drug-likeness (QED) is 0.176. The van der Waals surface area contributed by atoms with Crippen LogP contribution in [0.3, 0.4) is 0 Å². The molecule has 4 N–H and O–H groups in total. The Balaban J connectivity index is 1.66. The number of amides is 1. The van der Waals surface area contributed by atoms with Crippen LogP contribution < -0.4 is 16.6 Å². The molecule has 0 saturated heterocycles. The van der Waals surface area contributed by atoms with Gasteiger partial charge in [0.2, 0.25) is 18.3 Å². The first-order valence-electron chi connectivity index (χ1n) is 10.4. The molecule has 1 aromatic rings. The van der Waals surface area contributed by atoms with Crippen LogP contribution >= 0.6 is 0 Å². The monoisotopic (exact) mass is 450 g/mol. The lowest BCUT2D eigenvalue weighted by Gasteiger charge is -2.27. The average molecular weight is 450 g/mol. The second-order valence-electron chi connectivity index (χ2n) is 8.32. The summed E-state index contributed by atoms with van der Waals surface area (Å²) in [6.07, 6.45) is -0.457. The lowest BCUT2D eigenvalue weighted by molar-refractivity contribution is -0.118. The van der Waals surface area contributed by atoms with Crippen LogP contribution in [0.4, 0.5) is 27.6 Å². The number of nitrogens with two attached hydrogens (primary N) is 1. The molecule has 1 unspecified atom stereocenters. The van der Waals surface area contributed by atoms with Crippen molar-refractivity contribution in [3.8, 4) is 0 Å². The number of alkyl halides is 4. The van der Waals surface area contributed by atoms with Crippen molar-refractivity contribution in [3.05, 3.63) is 12.1 Å². The Kier molecular flexibility index (Phi) is 7.50. The van der Waals surface area contributed by atoms with E-state index in [1.54, 1.807) is 0 Å². The topological polar surface area (TPSA) is 97.3 Å². The highest BCUT2D eigenvalue weighted by atomic mass is 19.3. The van der Waals surface area contributed by atoms with E-state index in [1.807, 2.05) is 0 Å². The van der Waals surface area contributed by atoms with E-state index in [0.29, 0.717) is 12.5 Å². The van der Waals surface area contributed by atoms with E-state index in [1.165, 1.54) is 0 Å². The fourth-order valence-corrected chi connectivity index (χ4v) is 3.67. The van der Waals surface area contributed by atoms with E-state index in [0.717, 1.165) is 23.7 Å². The molecule has 2 saturated carbocycles. The third-order valence-electron chi connectivity index (χ3n) is 5.67. The lowest BCUT2D eigenvalue weighted by Crippen LogP contribution is -2.39. The van der Waals surface area contributed by atoms with Gasteiger partial charge in [-0.3, -0.25) is 14.5 Å². The molecule has 2 aliphatic rings. The molecule has 1 heterocycles. The largest absolute Gasteiger partial charge is 0.321 e. The number of hydrogen-bond acceptors (Lipinski definition) is 4. The molecular formula is C19H27F5N6O. The minimum Gasteiger partial charge on any atom is -0.321 e. The average Bonchev–Trinajstić information content (AvgIpc) is 3.45. The number of aliphatic imine (C=N–C) groups is 1. The third kappa shape index (κ3) is 6.88. The summed E-state index contributed by atoms with van der Waals surface area (Å²) in [7, 11) is 0. The number of nitrogens with one attached hydrogen (secondary N) is 2. The van der Waals surface area contributed by atoms with E-state index in [9.17, 15) is 26.7 Å². The van der Waals surface area contributed by atoms with Gasteiger partial charge in [-0.2, -0.15) is 4.39 Å². The normalized spacial score (nSPS) is 20.7. The van der Waals surface area contributed by atoms with E-state index >= 15 is 0 Å². The van der Waals surface area contributed by atoms with Gasteiger partial charge in [-0.1, -0.05) is 0 Å². The maximum absolute atomic E-state index is 14.3. The zero-order valence-electron chi connectivity index (χ0n) is 17.0. The molecule has 0 radical (unpaired) electrons. The smallest absolute Gasteiger partial charge is 0.256 e. The minimum atomic E-state index is -2.72. The molecule has 2 aliphatic carbocycles. The zero-order chi connectivity index (χ0) is 22.6. The Labute approximate surface area is 176 Å². The van der Waals surface area contributed by atoms with E-state index < -0.39 is 36.7 Å². The van der Waals surface area contributed by atoms with Crippen LogP contribution in [0.2, 0.25) is 0 Å². The molecule has 174 valence electrons. The van der Waals surface area contributed by atoms with Crippen LogP contribution in [-0.2, 0) is 4.79 Å². The van der Waals surface area contributed by atoms with Crippen molar-refractivity contribution >= 4 is 17.4 Å². The van der Waals surface area contributed by atoms with Crippen molar-refractivity contribution in [2.75, 3.05) is 11.9 Å². The molecule has 0 bridgehead atoms. The van der Waals surface area contributed by atoms with Crippen molar-refractivity contribution in [2.24, 2.45) is 22.7 Å². The van der Waals surface area contributed by atoms with E-state index in [4.69, 9.17) is 5.84 Å². The Hall–Kier alpha value is -2.24. The molecule has 0 spiro atoms. The van der Waals surface area contributed by atoms with Crippen LogP contribution in [0.25, 0.3) is 0 Å². The van der Waals surface area contributed by atoms with Gasteiger partial charge in [-0.15, -0.1) is 5.10 Å². The Bertz CT molecular complexity index is 785. The number of rotatable bonds is 9. The van der Waals surface area contributed by atoms with Gasteiger partial charge in [0.15, 0.2) is 0 Å². The van der Waals surface area contributed by atoms with Gasteiger partial charge in [-0.05, 0) is 37.5 Å². The molecule has 12 heteroatoms. The number of aromatic nitrogens is 2. The highest BCUT2D eigenvalue weighted by Crippen LogP contribution is 2.37. The summed E-state index contributed by atoms with van der Waals surface area (Å²) in [6.45, 7) is 0.424. The molecule has 2 fully saturated rings. The number of carbonyl (C=O) groups is 1. The molecule has 7 nitrogen and oxygen atoms in total. The Morgan fingerprint density at radius 3 is 2.52 bits per heavy atom. The minimum absolute atomic E-state index is 0.0282. The number of halogens is 5. The summed E-state index contributed by atoms with van der Waals surface area (Å²) in [5.74, 6) is 1.40. The van der Waals surface area contributed by atoms with E-state index in [-0.39, 0.29) is 49.5 Å². The summed E-state index contributed by atoms with van der Waals surface area (Å²) < 4.78 is 68.0. The Morgan fingerprint density at radius 2 is 1.94 bits per heavy atom. The summed E-state index contributed by atoms with van der Waals surface area (Å²) >= 11 is 0. The van der Waals surface area contributed by atoms with Gasteiger partial charge in [0.25, 0.3) is 5.95 Å². The summed E-state index contributed by atoms with van der Waals surface area (Å²) in [6, 6.07) is -1.13. The first-order chi connectivity index (χ1) is 14.7. The summed E-state index contributed by atoms with van der Waals surface area (Å²) in [5.41, 5.74) is 2.03. The molecule has 0 aromatic carbocycles. The predicted molar refractivity (Wildman–Crippen MR) is 104 cm³/mol. The first-order valence-corrected chi connectivity index (χ1v) is 10.4. The molecule has 3 rings (SSSR count). The fraction of sp³-hybridized carbons (Fsp3) is 0.737. The zero-order valence-corrected chi connectivity index (χ0v) is 17.0. The van der Waals surface area contributed by atoms with Crippen LogP contribution in [0.15, 0.2) is 11.2 Å². The van der Waals surface area contributed by atoms with Gasteiger partial charge >= 0.3 is 0 Å². The van der Waals surface area contributed by atoms with Crippen molar-refractivity contribution in [1.29, 1.82) is 0 Å². The summed E-state index contributed by atoms with van der Waals surface area (Å²) in [5, 5.41) is 5.98. The van der Waals surface area contributed by atoms with Crippen molar-refractivity contribution in [2.45, 2.75) is 69.8 Å². The molecule has 0 aliphatic heterocycles. The highest BCUT2D eigenvalue weighted by Gasteiger charge is 2.35. The Morgan fingerprint density at radius 1 is 1.26 bits per heavy atom. The van der Waals surface area contributed by atoms with Crippen molar-refractivity contribution in [3.63, 3.8) is 0 Å². The molecular weight excluding hydrogens is 423 g/mol. The van der Waals surface area contributed by atoms with Crippen LogP contribution in [0, 0.1) is 17.8 Å². The van der Waals surface area contributed by atoms with Gasteiger partial charge < -0.3 is 10.7 Å². The molecule has 31 heavy (non-hydrogen) atoms.